The zero-order chi connectivity index (χ0) is 15.1. The highest BCUT2D eigenvalue weighted by atomic mass is 127. The van der Waals surface area contributed by atoms with E-state index in [1.54, 1.807) is 0 Å². The zero-order valence-electron chi connectivity index (χ0n) is 13.3. The van der Waals surface area contributed by atoms with Gasteiger partial charge in [-0.2, -0.15) is 0 Å². The first-order valence-corrected chi connectivity index (χ1v) is 8.33. The first-order chi connectivity index (χ1) is 8.35. The third kappa shape index (κ3) is 4.88. The van der Waals surface area contributed by atoms with Crippen LogP contribution in [0.1, 0.15) is 61.3 Å². The molecule has 1 aliphatic rings. The van der Waals surface area contributed by atoms with Gasteiger partial charge in [-0.15, -0.1) is 0 Å². The molecule has 1 saturated heterocycles. The zero-order valence-corrected chi connectivity index (χ0v) is 15.5. The predicted molar refractivity (Wildman–Crippen MR) is 86.5 cm³/mol. The maximum Gasteiger partial charge on any atom is 0.319 e. The molecule has 0 aromatic carbocycles. The molecule has 1 heterocycles. The number of carbonyl (C=O) groups is 1. The molecule has 112 valence electrons. The van der Waals surface area contributed by atoms with Crippen molar-refractivity contribution in [2.24, 2.45) is 5.92 Å². The number of nitrogens with two attached hydrogens (primary N) is 1. The predicted octanol–water partition coefficient (Wildman–Crippen LogP) is 2.66. The molecule has 0 bridgehead atoms. The Morgan fingerprint density at radius 1 is 1.26 bits per heavy atom. The summed E-state index contributed by atoms with van der Waals surface area (Å²) in [7, 11) is 0. The Hall–Kier alpha value is 0.160. The van der Waals surface area contributed by atoms with Crippen LogP contribution in [-0.2, 0) is 9.53 Å². The molecule has 4 heteroatoms. The van der Waals surface area contributed by atoms with Crippen molar-refractivity contribution in [2.45, 2.75) is 81.9 Å². The number of alkyl halides is 1. The van der Waals surface area contributed by atoms with Gasteiger partial charge < -0.3 is 10.1 Å². The van der Waals surface area contributed by atoms with Crippen LogP contribution in [-0.4, -0.2) is 26.6 Å². The molecule has 1 fully saturated rings. The van der Waals surface area contributed by atoms with E-state index in [1.165, 1.54) is 0 Å². The molecule has 1 aliphatic heterocycles. The van der Waals surface area contributed by atoms with Crippen LogP contribution in [0.4, 0.5) is 0 Å². The molecule has 1 atom stereocenters. The normalized spacial score (nSPS) is 24.8. The van der Waals surface area contributed by atoms with Gasteiger partial charge in [-0.1, -0.05) is 22.6 Å². The molecule has 0 aliphatic carbocycles. The van der Waals surface area contributed by atoms with Gasteiger partial charge in [0, 0.05) is 18.8 Å². The number of halogens is 1. The van der Waals surface area contributed by atoms with Crippen LogP contribution in [0, 0.1) is 5.92 Å². The average molecular weight is 382 g/mol. The van der Waals surface area contributed by atoms with E-state index in [2.05, 4.69) is 69.5 Å². The van der Waals surface area contributed by atoms with Gasteiger partial charge in [0.2, 0.25) is 0 Å². The number of ether oxygens (including phenoxy) is 1. The van der Waals surface area contributed by atoms with Crippen molar-refractivity contribution in [1.82, 2.24) is 0 Å². The number of hydrogen-bond acceptors (Lipinski definition) is 2. The maximum absolute atomic E-state index is 11.9. The lowest BCUT2D eigenvalue weighted by Crippen LogP contribution is -3.05. The monoisotopic (exact) mass is 382 g/mol. The minimum absolute atomic E-state index is 0.0898. The van der Waals surface area contributed by atoms with E-state index in [0.717, 1.165) is 12.8 Å². The van der Waals surface area contributed by atoms with Crippen LogP contribution < -0.4 is 5.32 Å². The van der Waals surface area contributed by atoms with Gasteiger partial charge in [-0.05, 0) is 48.5 Å². The highest BCUT2D eigenvalue weighted by molar-refractivity contribution is 14.1. The second kappa shape index (κ2) is 5.51. The SMILES string of the molecule is CC(I)C(=O)OC(C)(C)C1CC(C)(C)[NH2+]C(C)(C)C1. The summed E-state index contributed by atoms with van der Waals surface area (Å²) in [4.78, 5) is 11.9. The van der Waals surface area contributed by atoms with Crippen molar-refractivity contribution >= 4 is 28.6 Å². The number of esters is 1. The van der Waals surface area contributed by atoms with Gasteiger partial charge in [-0.25, -0.2) is 0 Å². The molecule has 19 heavy (non-hydrogen) atoms. The topological polar surface area (TPSA) is 42.9 Å². The summed E-state index contributed by atoms with van der Waals surface area (Å²) in [5.74, 6) is 0.303. The first-order valence-electron chi connectivity index (χ1n) is 7.09. The summed E-state index contributed by atoms with van der Waals surface area (Å²) in [5.41, 5.74) is 0.0113. The van der Waals surface area contributed by atoms with Crippen molar-refractivity contribution in [3.8, 4) is 0 Å². The first kappa shape index (κ1) is 17.2. The summed E-state index contributed by atoms with van der Waals surface area (Å²) in [6.45, 7) is 15.1. The minimum atomic E-state index is -0.390. The molecular weight excluding hydrogens is 353 g/mol. The summed E-state index contributed by atoms with van der Waals surface area (Å²) in [6.07, 6.45) is 2.15. The van der Waals surface area contributed by atoms with Gasteiger partial charge in [0.1, 0.15) is 9.53 Å². The fraction of sp³-hybridized carbons (Fsp3) is 0.933. The molecule has 2 N–H and O–H groups in total. The van der Waals surface area contributed by atoms with Gasteiger partial charge in [0.15, 0.2) is 0 Å². The van der Waals surface area contributed by atoms with E-state index in [0.29, 0.717) is 5.92 Å². The van der Waals surface area contributed by atoms with Gasteiger partial charge in [0.25, 0.3) is 0 Å². The number of hydrogen-bond donors (Lipinski definition) is 1. The van der Waals surface area contributed by atoms with Gasteiger partial charge in [-0.3, -0.25) is 4.79 Å². The fourth-order valence-electron chi connectivity index (χ4n) is 3.43. The largest absolute Gasteiger partial charge is 0.459 e. The molecule has 0 aromatic rings. The molecular formula is C15H29INO2+. The Labute approximate surface area is 131 Å². The van der Waals surface area contributed by atoms with Crippen LogP contribution >= 0.6 is 22.6 Å². The summed E-state index contributed by atoms with van der Waals surface area (Å²) in [5, 5.41) is 2.45. The molecule has 1 rings (SSSR count). The molecule has 3 nitrogen and oxygen atoms in total. The summed E-state index contributed by atoms with van der Waals surface area (Å²) >= 11 is 2.11. The second-order valence-electron chi connectivity index (χ2n) is 7.87. The Kier molecular flexibility index (Phi) is 4.99. The van der Waals surface area contributed by atoms with E-state index >= 15 is 0 Å². The van der Waals surface area contributed by atoms with Crippen molar-refractivity contribution in [1.29, 1.82) is 0 Å². The fourth-order valence-corrected chi connectivity index (χ4v) is 3.56. The maximum atomic E-state index is 11.9. The molecule has 0 amide bonds. The quantitative estimate of drug-likeness (QED) is 0.463. The molecule has 0 radical (unpaired) electrons. The lowest BCUT2D eigenvalue weighted by molar-refractivity contribution is -0.790. The van der Waals surface area contributed by atoms with Crippen LogP contribution in [0.3, 0.4) is 0 Å². The standard InChI is InChI=1S/C15H28INO2/c1-10(16)12(18)19-15(6,7)11-8-13(2,3)17-14(4,5)9-11/h10-11,17H,8-9H2,1-7H3/p+1. The molecule has 0 aromatic heterocycles. The van der Waals surface area contributed by atoms with E-state index in [1.807, 2.05) is 6.92 Å². The Bertz CT molecular complexity index is 332. The number of carbonyl (C=O) groups excluding carboxylic acids is 1. The van der Waals surface area contributed by atoms with Crippen LogP contribution in [0.15, 0.2) is 0 Å². The van der Waals surface area contributed by atoms with Crippen LogP contribution in [0.2, 0.25) is 0 Å². The van der Waals surface area contributed by atoms with Crippen molar-refractivity contribution in [2.75, 3.05) is 0 Å². The second-order valence-corrected chi connectivity index (χ2v) is 9.74. The van der Waals surface area contributed by atoms with Crippen LogP contribution in [0.25, 0.3) is 0 Å². The summed E-state index contributed by atoms with van der Waals surface area (Å²) < 4.78 is 5.68. The van der Waals surface area contributed by atoms with Gasteiger partial charge in [0.05, 0.1) is 11.1 Å². The number of rotatable bonds is 3. The Morgan fingerprint density at radius 2 is 1.68 bits per heavy atom. The van der Waals surface area contributed by atoms with Crippen LogP contribution in [0.5, 0.6) is 0 Å². The Morgan fingerprint density at radius 3 is 2.05 bits per heavy atom. The highest BCUT2D eigenvalue weighted by Gasteiger charge is 2.48. The molecule has 1 unspecified atom stereocenters. The third-order valence-corrected chi connectivity index (χ3v) is 4.51. The summed E-state index contributed by atoms with van der Waals surface area (Å²) in [6, 6.07) is 0. The van der Waals surface area contributed by atoms with Gasteiger partial charge >= 0.3 is 5.97 Å². The number of quaternary nitrogens is 1. The van der Waals surface area contributed by atoms with E-state index < -0.39 is 0 Å². The highest BCUT2D eigenvalue weighted by Crippen LogP contribution is 2.37. The van der Waals surface area contributed by atoms with Crippen molar-refractivity contribution < 1.29 is 14.8 Å². The smallest absolute Gasteiger partial charge is 0.319 e. The van der Waals surface area contributed by atoms with E-state index in [4.69, 9.17) is 4.74 Å². The lowest BCUT2D eigenvalue weighted by atomic mass is 9.70. The van der Waals surface area contributed by atoms with E-state index in [-0.39, 0.29) is 26.6 Å². The molecule has 0 saturated carbocycles. The lowest BCUT2D eigenvalue weighted by Gasteiger charge is -2.47. The third-order valence-electron chi connectivity index (χ3n) is 4.00. The Balaban J connectivity index is 2.85. The van der Waals surface area contributed by atoms with Crippen molar-refractivity contribution in [3.05, 3.63) is 0 Å². The van der Waals surface area contributed by atoms with Crippen molar-refractivity contribution in [3.63, 3.8) is 0 Å². The van der Waals surface area contributed by atoms with E-state index in [9.17, 15) is 4.79 Å². The molecule has 0 spiro atoms. The average Bonchev–Trinajstić information content (AvgIpc) is 2.11. The number of piperidine rings is 1. The minimum Gasteiger partial charge on any atom is -0.459 e.